The number of anilines is 1. The molecule has 0 aliphatic carbocycles. The maximum atomic E-state index is 12.6. The molecule has 24 heavy (non-hydrogen) atoms. The lowest BCUT2D eigenvalue weighted by Crippen LogP contribution is -2.53. The molecule has 1 amide bonds. The molecule has 2 aromatic rings. The van der Waals surface area contributed by atoms with E-state index in [1.165, 1.54) is 6.33 Å². The summed E-state index contributed by atoms with van der Waals surface area (Å²) in [7, 11) is 0. The number of halogens is 1. The molecule has 0 spiro atoms. The zero-order valence-corrected chi connectivity index (χ0v) is 14.8. The van der Waals surface area contributed by atoms with E-state index in [0.717, 1.165) is 30.6 Å². The quantitative estimate of drug-likeness (QED) is 0.889. The predicted molar refractivity (Wildman–Crippen MR) is 96.2 cm³/mol. The Kier molecular flexibility index (Phi) is 5.96. The van der Waals surface area contributed by atoms with Gasteiger partial charge in [0.15, 0.2) is 0 Å². The van der Waals surface area contributed by atoms with E-state index < -0.39 is 0 Å². The first-order valence-electron chi connectivity index (χ1n) is 8.00. The van der Waals surface area contributed by atoms with Crippen LogP contribution in [0, 0.1) is 5.41 Å². The Morgan fingerprint density at radius 1 is 1.46 bits per heavy atom. The van der Waals surface area contributed by atoms with Gasteiger partial charge in [0.2, 0.25) is 5.91 Å². The molecule has 1 unspecified atom stereocenters. The summed E-state index contributed by atoms with van der Waals surface area (Å²) in [5.41, 5.74) is 1.86. The highest BCUT2D eigenvalue weighted by Gasteiger charge is 2.37. The van der Waals surface area contributed by atoms with Gasteiger partial charge in [-0.2, -0.15) is 5.10 Å². The van der Waals surface area contributed by atoms with E-state index in [1.54, 1.807) is 11.0 Å². The van der Waals surface area contributed by atoms with Gasteiger partial charge in [-0.3, -0.25) is 4.79 Å². The van der Waals surface area contributed by atoms with Crippen LogP contribution in [0.5, 0.6) is 0 Å². The number of hydrogen-bond acceptors (Lipinski definition) is 4. The number of rotatable bonds is 4. The second-order valence-electron chi connectivity index (χ2n) is 6.76. The van der Waals surface area contributed by atoms with Gasteiger partial charge < -0.3 is 10.6 Å². The molecule has 1 saturated heterocycles. The highest BCUT2D eigenvalue weighted by Crippen LogP contribution is 2.30. The molecule has 1 aromatic carbocycles. The van der Waals surface area contributed by atoms with Crippen LogP contribution in [0.15, 0.2) is 36.9 Å². The molecule has 0 radical (unpaired) electrons. The third kappa shape index (κ3) is 4.33. The summed E-state index contributed by atoms with van der Waals surface area (Å²) < 4.78 is 1.76. The van der Waals surface area contributed by atoms with Crippen molar-refractivity contribution in [2.45, 2.75) is 39.3 Å². The Labute approximate surface area is 148 Å². The maximum absolute atomic E-state index is 12.6. The topological polar surface area (TPSA) is 71.8 Å². The van der Waals surface area contributed by atoms with Crippen LogP contribution >= 0.6 is 12.4 Å². The van der Waals surface area contributed by atoms with Crippen LogP contribution in [0.3, 0.4) is 0 Å². The normalized spacial score (nSPS) is 19.3. The van der Waals surface area contributed by atoms with Crippen molar-refractivity contribution in [2.24, 2.45) is 5.41 Å². The zero-order chi connectivity index (χ0) is 16.3. The Morgan fingerprint density at radius 2 is 2.29 bits per heavy atom. The summed E-state index contributed by atoms with van der Waals surface area (Å²) in [5, 5.41) is 10.5. The minimum Gasteiger partial charge on any atom is -0.325 e. The Bertz CT molecular complexity index is 671. The molecule has 1 aliphatic heterocycles. The fraction of sp³-hybridized carbons (Fsp3) is 0.471. The number of carbonyl (C=O) groups excluding carboxylic acids is 1. The minimum absolute atomic E-state index is 0. The summed E-state index contributed by atoms with van der Waals surface area (Å²) in [6.45, 7) is 5.82. The van der Waals surface area contributed by atoms with Crippen LogP contribution in [0.1, 0.15) is 32.3 Å². The van der Waals surface area contributed by atoms with Crippen molar-refractivity contribution in [1.82, 2.24) is 20.1 Å². The SMILES string of the molecule is CC1(C)CCCNC1C(=O)Nc1cccc(Cn2cncn2)c1.Cl. The van der Waals surface area contributed by atoms with Gasteiger partial charge in [-0.15, -0.1) is 12.4 Å². The van der Waals surface area contributed by atoms with Crippen LogP contribution in [0.2, 0.25) is 0 Å². The van der Waals surface area contributed by atoms with E-state index in [0.29, 0.717) is 6.54 Å². The smallest absolute Gasteiger partial charge is 0.242 e. The van der Waals surface area contributed by atoms with E-state index in [4.69, 9.17) is 0 Å². The lowest BCUT2D eigenvalue weighted by molar-refractivity contribution is -0.121. The third-order valence-electron chi connectivity index (χ3n) is 4.40. The highest BCUT2D eigenvalue weighted by atomic mass is 35.5. The molecular weight excluding hydrogens is 326 g/mol. The van der Waals surface area contributed by atoms with Gasteiger partial charge in [0.05, 0.1) is 12.6 Å². The first-order chi connectivity index (χ1) is 11.0. The number of benzene rings is 1. The monoisotopic (exact) mass is 349 g/mol. The molecule has 7 heteroatoms. The van der Waals surface area contributed by atoms with Gasteiger partial charge in [0.25, 0.3) is 0 Å². The molecule has 1 aliphatic rings. The Balaban J connectivity index is 0.00000208. The fourth-order valence-corrected chi connectivity index (χ4v) is 3.12. The first kappa shape index (κ1) is 18.4. The van der Waals surface area contributed by atoms with Gasteiger partial charge >= 0.3 is 0 Å². The van der Waals surface area contributed by atoms with E-state index in [9.17, 15) is 4.79 Å². The number of nitrogens with one attached hydrogen (secondary N) is 2. The summed E-state index contributed by atoms with van der Waals surface area (Å²) in [4.78, 5) is 16.6. The van der Waals surface area contributed by atoms with Gasteiger partial charge in [-0.25, -0.2) is 9.67 Å². The van der Waals surface area contributed by atoms with Crippen LogP contribution in [-0.2, 0) is 11.3 Å². The molecule has 1 atom stereocenters. The van der Waals surface area contributed by atoms with Crippen LogP contribution < -0.4 is 10.6 Å². The van der Waals surface area contributed by atoms with Crippen molar-refractivity contribution in [3.8, 4) is 0 Å². The van der Waals surface area contributed by atoms with E-state index in [2.05, 4.69) is 34.6 Å². The van der Waals surface area contributed by atoms with Crippen molar-refractivity contribution in [3.05, 3.63) is 42.5 Å². The summed E-state index contributed by atoms with van der Waals surface area (Å²) in [5.74, 6) is 0.0348. The standard InChI is InChI=1S/C17H23N5O.ClH/c1-17(2)7-4-8-19-15(17)16(23)21-14-6-3-5-13(9-14)10-22-12-18-11-20-22;/h3,5-6,9,11-12,15,19H,4,7-8,10H2,1-2H3,(H,21,23);1H. The van der Waals surface area contributed by atoms with Crippen LogP contribution in [0.4, 0.5) is 5.69 Å². The zero-order valence-electron chi connectivity index (χ0n) is 14.0. The number of piperidine rings is 1. The van der Waals surface area contributed by atoms with Crippen LogP contribution in [-0.4, -0.2) is 33.3 Å². The Morgan fingerprint density at radius 3 is 3.00 bits per heavy atom. The molecule has 3 rings (SSSR count). The highest BCUT2D eigenvalue weighted by molar-refractivity contribution is 5.95. The molecule has 130 valence electrons. The molecule has 6 nitrogen and oxygen atoms in total. The molecule has 1 fully saturated rings. The van der Waals surface area contributed by atoms with Crippen LogP contribution in [0.25, 0.3) is 0 Å². The van der Waals surface area contributed by atoms with Crippen molar-refractivity contribution in [2.75, 3.05) is 11.9 Å². The average molecular weight is 350 g/mol. The molecule has 2 N–H and O–H groups in total. The van der Waals surface area contributed by atoms with E-state index in [-0.39, 0.29) is 29.8 Å². The summed E-state index contributed by atoms with van der Waals surface area (Å²) in [6.07, 6.45) is 5.37. The van der Waals surface area contributed by atoms with Gasteiger partial charge in [0.1, 0.15) is 12.7 Å². The van der Waals surface area contributed by atoms with Crippen molar-refractivity contribution >= 4 is 24.0 Å². The number of nitrogens with zero attached hydrogens (tertiary/aromatic N) is 3. The van der Waals surface area contributed by atoms with Gasteiger partial charge in [-0.1, -0.05) is 26.0 Å². The number of aromatic nitrogens is 3. The van der Waals surface area contributed by atoms with Crippen molar-refractivity contribution in [1.29, 1.82) is 0 Å². The summed E-state index contributed by atoms with van der Waals surface area (Å²) in [6, 6.07) is 7.70. The molecule has 0 saturated carbocycles. The lowest BCUT2D eigenvalue weighted by atomic mass is 9.77. The van der Waals surface area contributed by atoms with Crippen molar-refractivity contribution < 1.29 is 4.79 Å². The number of hydrogen-bond donors (Lipinski definition) is 2. The maximum Gasteiger partial charge on any atom is 0.242 e. The molecule has 2 heterocycles. The van der Waals surface area contributed by atoms with Gasteiger partial charge in [0, 0.05) is 5.69 Å². The average Bonchev–Trinajstić information content (AvgIpc) is 3.00. The Hall–Kier alpha value is -1.92. The third-order valence-corrected chi connectivity index (χ3v) is 4.40. The second kappa shape index (κ2) is 7.77. The fourth-order valence-electron chi connectivity index (χ4n) is 3.12. The number of carbonyl (C=O) groups is 1. The number of amides is 1. The largest absolute Gasteiger partial charge is 0.325 e. The second-order valence-corrected chi connectivity index (χ2v) is 6.76. The minimum atomic E-state index is -0.157. The first-order valence-corrected chi connectivity index (χ1v) is 8.00. The van der Waals surface area contributed by atoms with Gasteiger partial charge in [-0.05, 0) is 42.5 Å². The molecule has 1 aromatic heterocycles. The lowest BCUT2D eigenvalue weighted by Gasteiger charge is -2.38. The molecule has 0 bridgehead atoms. The predicted octanol–water partition coefficient (Wildman–Crippen LogP) is 2.46. The molecular formula is C17H24ClN5O. The van der Waals surface area contributed by atoms with E-state index >= 15 is 0 Å². The van der Waals surface area contributed by atoms with E-state index in [1.807, 2.05) is 24.3 Å². The summed E-state index contributed by atoms with van der Waals surface area (Å²) >= 11 is 0. The van der Waals surface area contributed by atoms with Crippen molar-refractivity contribution in [3.63, 3.8) is 0 Å².